The molecule has 0 amide bonds. The van der Waals surface area contributed by atoms with Gasteiger partial charge in [0.05, 0.1) is 0 Å². The Kier molecular flexibility index (Phi) is 6.67. The molecule has 1 N–H and O–H groups in total. The van der Waals surface area contributed by atoms with Crippen LogP contribution in [0.25, 0.3) is 0 Å². The van der Waals surface area contributed by atoms with Crippen LogP contribution in [0.1, 0.15) is 20.3 Å². The highest BCUT2D eigenvalue weighted by atomic mass is 28.5. The molecule has 0 saturated heterocycles. The Bertz CT molecular complexity index is 289. The van der Waals surface area contributed by atoms with Crippen LogP contribution in [0.3, 0.4) is 0 Å². The van der Waals surface area contributed by atoms with E-state index < -0.39 is 30.6 Å². The van der Waals surface area contributed by atoms with Crippen LogP contribution in [0.4, 0.5) is 0 Å². The van der Waals surface area contributed by atoms with Gasteiger partial charge in [0.15, 0.2) is 13.7 Å². The summed E-state index contributed by atoms with van der Waals surface area (Å²) in [6.45, 7) is 18.9. The highest BCUT2D eigenvalue weighted by Gasteiger charge is 2.51. The molecule has 0 aromatic heterocycles. The van der Waals surface area contributed by atoms with Crippen LogP contribution in [0.15, 0.2) is 0 Å². The molecule has 0 aromatic rings. The molecule has 0 rings (SSSR count). The number of ether oxygens (including phenoxy) is 1. The summed E-state index contributed by atoms with van der Waals surface area (Å²) >= 11 is 0. The van der Waals surface area contributed by atoms with Gasteiger partial charge >= 0.3 is 8.56 Å². The molecule has 1 unspecified atom stereocenters. The zero-order chi connectivity index (χ0) is 15.5. The van der Waals surface area contributed by atoms with E-state index in [0.717, 1.165) is 0 Å². The van der Waals surface area contributed by atoms with Gasteiger partial charge in [0, 0.05) is 6.61 Å². The summed E-state index contributed by atoms with van der Waals surface area (Å²) in [5.74, 6) is 0. The normalized spacial score (nSPS) is 17.4. The van der Waals surface area contributed by atoms with E-state index >= 15 is 0 Å². The SMILES string of the molecule is CCOC(O)(CC)[Si](C)(C)O[Si](C)(C)O[Si](C)(C)C. The Morgan fingerprint density at radius 1 is 0.895 bits per heavy atom. The Balaban J connectivity index is 5.01. The standard InChI is InChI=1S/C12H32O4Si3/c1-10-12(13,14-11-2)18(6,7)16-19(8,9)15-17(3,4)5/h13H,10-11H2,1-9H3. The van der Waals surface area contributed by atoms with E-state index in [4.69, 9.17) is 13.0 Å². The zero-order valence-electron chi connectivity index (χ0n) is 14.1. The van der Waals surface area contributed by atoms with E-state index in [1.807, 2.05) is 26.9 Å². The fourth-order valence-corrected chi connectivity index (χ4v) is 15.7. The Labute approximate surface area is 122 Å². The van der Waals surface area contributed by atoms with Crippen LogP contribution < -0.4 is 0 Å². The van der Waals surface area contributed by atoms with Crippen LogP contribution >= 0.6 is 0 Å². The predicted octanol–water partition coefficient (Wildman–Crippen LogP) is 3.44. The van der Waals surface area contributed by atoms with Gasteiger partial charge in [-0.15, -0.1) is 0 Å². The smallest absolute Gasteiger partial charge is 0.311 e. The third kappa shape index (κ3) is 6.19. The number of aliphatic hydroxyl groups is 1. The largest absolute Gasteiger partial charge is 0.437 e. The third-order valence-corrected chi connectivity index (χ3v) is 13.7. The van der Waals surface area contributed by atoms with Gasteiger partial charge in [-0.05, 0) is 59.2 Å². The average Bonchev–Trinajstić information content (AvgIpc) is 2.11. The lowest BCUT2D eigenvalue weighted by Crippen LogP contribution is -2.63. The van der Waals surface area contributed by atoms with Gasteiger partial charge in [0.1, 0.15) is 0 Å². The summed E-state index contributed by atoms with van der Waals surface area (Å²) in [6.07, 6.45) is 0.539. The van der Waals surface area contributed by atoms with Crippen molar-refractivity contribution >= 4 is 25.2 Å². The molecule has 7 heteroatoms. The molecule has 0 aliphatic rings. The maximum atomic E-state index is 10.7. The van der Waals surface area contributed by atoms with Crippen LogP contribution in [0.5, 0.6) is 0 Å². The molecule has 0 spiro atoms. The topological polar surface area (TPSA) is 47.9 Å². The Hall–Kier alpha value is 0.491. The van der Waals surface area contributed by atoms with E-state index in [-0.39, 0.29) is 0 Å². The van der Waals surface area contributed by atoms with Crippen molar-refractivity contribution in [2.75, 3.05) is 6.61 Å². The maximum Gasteiger partial charge on any atom is 0.311 e. The number of hydrogen-bond acceptors (Lipinski definition) is 4. The van der Waals surface area contributed by atoms with E-state index in [2.05, 4.69) is 32.7 Å². The highest BCUT2D eigenvalue weighted by Crippen LogP contribution is 2.31. The lowest BCUT2D eigenvalue weighted by molar-refractivity contribution is -0.153. The second-order valence-corrected chi connectivity index (χ2v) is 19.3. The van der Waals surface area contributed by atoms with Gasteiger partial charge in [0.2, 0.25) is 8.32 Å². The zero-order valence-corrected chi connectivity index (χ0v) is 17.1. The van der Waals surface area contributed by atoms with Gasteiger partial charge in [-0.1, -0.05) is 6.92 Å². The third-order valence-electron chi connectivity index (χ3n) is 2.86. The lowest BCUT2D eigenvalue weighted by atomic mass is 10.5. The first-order valence-corrected chi connectivity index (χ1v) is 16.2. The van der Waals surface area contributed by atoms with Crippen molar-refractivity contribution in [1.29, 1.82) is 0 Å². The first-order chi connectivity index (χ1) is 8.29. The van der Waals surface area contributed by atoms with Crippen LogP contribution in [0.2, 0.25) is 45.8 Å². The fraction of sp³-hybridized carbons (Fsp3) is 1.00. The molecule has 0 bridgehead atoms. The molecule has 0 aliphatic carbocycles. The summed E-state index contributed by atoms with van der Waals surface area (Å²) in [6, 6.07) is 0. The highest BCUT2D eigenvalue weighted by molar-refractivity contribution is 6.88. The minimum Gasteiger partial charge on any atom is -0.437 e. The summed E-state index contributed by atoms with van der Waals surface area (Å²) in [5, 5.41) is 10.7. The van der Waals surface area contributed by atoms with E-state index in [9.17, 15) is 5.11 Å². The van der Waals surface area contributed by atoms with Gasteiger partial charge in [-0.3, -0.25) is 0 Å². The predicted molar refractivity (Wildman–Crippen MR) is 87.3 cm³/mol. The molecule has 116 valence electrons. The molecule has 0 aliphatic heterocycles. The molecule has 0 fully saturated rings. The Morgan fingerprint density at radius 3 is 1.68 bits per heavy atom. The summed E-state index contributed by atoms with van der Waals surface area (Å²) < 4.78 is 18.1. The average molecular weight is 325 g/mol. The van der Waals surface area contributed by atoms with Crippen molar-refractivity contribution < 1.29 is 18.1 Å². The van der Waals surface area contributed by atoms with Crippen molar-refractivity contribution in [3.05, 3.63) is 0 Å². The second kappa shape index (κ2) is 6.50. The quantitative estimate of drug-likeness (QED) is 0.549. The molecule has 0 saturated carbocycles. The molecule has 0 heterocycles. The minimum atomic E-state index is -2.42. The molecule has 4 nitrogen and oxygen atoms in total. The van der Waals surface area contributed by atoms with Gasteiger partial charge in [0.25, 0.3) is 0 Å². The van der Waals surface area contributed by atoms with E-state index in [0.29, 0.717) is 13.0 Å². The van der Waals surface area contributed by atoms with Crippen molar-refractivity contribution in [1.82, 2.24) is 0 Å². The van der Waals surface area contributed by atoms with Crippen molar-refractivity contribution in [3.8, 4) is 0 Å². The number of hydrogen-bond donors (Lipinski definition) is 1. The monoisotopic (exact) mass is 324 g/mol. The molecule has 19 heavy (non-hydrogen) atoms. The number of rotatable bonds is 8. The first-order valence-electron chi connectivity index (χ1n) is 7.05. The molecular weight excluding hydrogens is 292 g/mol. The summed E-state index contributed by atoms with van der Waals surface area (Å²) in [4.78, 5) is 0. The minimum absolute atomic E-state index is 0.487. The van der Waals surface area contributed by atoms with Crippen molar-refractivity contribution in [3.63, 3.8) is 0 Å². The van der Waals surface area contributed by atoms with Crippen LogP contribution in [-0.2, 0) is 13.0 Å². The maximum absolute atomic E-state index is 10.7. The van der Waals surface area contributed by atoms with Crippen LogP contribution in [0, 0.1) is 0 Å². The molecule has 1 atom stereocenters. The van der Waals surface area contributed by atoms with Crippen molar-refractivity contribution in [2.45, 2.75) is 71.5 Å². The fourth-order valence-electron chi connectivity index (χ4n) is 2.39. The summed E-state index contributed by atoms with van der Waals surface area (Å²) in [7, 11) is -6.31. The van der Waals surface area contributed by atoms with Gasteiger partial charge in [-0.2, -0.15) is 0 Å². The second-order valence-electron chi connectivity index (χ2n) is 6.80. The van der Waals surface area contributed by atoms with Gasteiger partial charge in [-0.25, -0.2) is 0 Å². The van der Waals surface area contributed by atoms with Crippen molar-refractivity contribution in [2.24, 2.45) is 0 Å². The molecule has 0 radical (unpaired) electrons. The first kappa shape index (κ1) is 19.5. The van der Waals surface area contributed by atoms with Gasteiger partial charge < -0.3 is 18.1 Å². The lowest BCUT2D eigenvalue weighted by Gasteiger charge is -2.44. The molecular formula is C12H32O4Si3. The van der Waals surface area contributed by atoms with Crippen LogP contribution in [-0.4, -0.2) is 42.3 Å². The molecule has 0 aromatic carbocycles. The van der Waals surface area contributed by atoms with E-state index in [1.165, 1.54) is 0 Å². The Morgan fingerprint density at radius 2 is 1.37 bits per heavy atom. The van der Waals surface area contributed by atoms with E-state index in [1.54, 1.807) is 0 Å². The summed E-state index contributed by atoms with van der Waals surface area (Å²) in [5.41, 5.74) is -1.14.